The minimum absolute atomic E-state index is 0.247. The molecule has 0 unspecified atom stereocenters. The predicted octanol–water partition coefficient (Wildman–Crippen LogP) is 4.87. The average Bonchev–Trinajstić information content (AvgIpc) is 3.54. The monoisotopic (exact) mass is 365 g/mol. The second-order valence-electron chi connectivity index (χ2n) is 6.92. The Balaban J connectivity index is 1.67. The Morgan fingerprint density at radius 2 is 1.85 bits per heavy atom. The molecule has 0 radical (unpaired) electrons. The lowest BCUT2D eigenvalue weighted by Gasteiger charge is -2.28. The van der Waals surface area contributed by atoms with Crippen LogP contribution in [0.2, 0.25) is 0 Å². The number of rotatable bonds is 5. The SMILES string of the molecule is Fc1ccc(N/C(=C\C(=NC2CC2)N2CCCCO2)c2ccccc2)cc1. The molecule has 0 spiro atoms. The lowest BCUT2D eigenvalue weighted by molar-refractivity contribution is -0.122. The quantitative estimate of drug-likeness (QED) is 0.607. The third-order valence-corrected chi connectivity index (χ3v) is 4.60. The van der Waals surface area contributed by atoms with Crippen LogP contribution >= 0.6 is 0 Å². The van der Waals surface area contributed by atoms with Crippen molar-refractivity contribution in [2.75, 3.05) is 18.5 Å². The van der Waals surface area contributed by atoms with E-state index in [9.17, 15) is 4.39 Å². The summed E-state index contributed by atoms with van der Waals surface area (Å²) in [4.78, 5) is 10.7. The molecule has 4 nitrogen and oxygen atoms in total. The Kier molecular flexibility index (Phi) is 5.49. The number of nitrogens with zero attached hydrogens (tertiary/aromatic N) is 2. The lowest BCUT2D eigenvalue weighted by atomic mass is 10.1. The Morgan fingerprint density at radius 1 is 1.07 bits per heavy atom. The van der Waals surface area contributed by atoms with Crippen molar-refractivity contribution in [3.63, 3.8) is 0 Å². The van der Waals surface area contributed by atoms with E-state index in [2.05, 4.69) is 5.32 Å². The van der Waals surface area contributed by atoms with Crippen molar-refractivity contribution >= 4 is 17.2 Å². The summed E-state index contributed by atoms with van der Waals surface area (Å²) in [5.41, 5.74) is 2.79. The highest BCUT2D eigenvalue weighted by atomic mass is 19.1. The van der Waals surface area contributed by atoms with Crippen LogP contribution in [0.25, 0.3) is 5.70 Å². The van der Waals surface area contributed by atoms with Crippen molar-refractivity contribution in [1.29, 1.82) is 0 Å². The van der Waals surface area contributed by atoms with E-state index in [1.165, 1.54) is 12.1 Å². The van der Waals surface area contributed by atoms with Crippen LogP contribution in [0.5, 0.6) is 0 Å². The molecule has 0 amide bonds. The van der Waals surface area contributed by atoms with E-state index in [-0.39, 0.29) is 5.82 Å². The van der Waals surface area contributed by atoms with Gasteiger partial charge in [0.2, 0.25) is 0 Å². The number of hydrogen-bond donors (Lipinski definition) is 1. The van der Waals surface area contributed by atoms with Crippen molar-refractivity contribution in [2.45, 2.75) is 31.7 Å². The van der Waals surface area contributed by atoms with Crippen molar-refractivity contribution in [3.05, 3.63) is 72.1 Å². The largest absolute Gasteiger partial charge is 0.355 e. The number of hydrogen-bond acceptors (Lipinski definition) is 3. The first-order valence-corrected chi connectivity index (χ1v) is 9.56. The third kappa shape index (κ3) is 4.95. The molecule has 1 N–H and O–H groups in total. The van der Waals surface area contributed by atoms with Crippen LogP contribution in [0, 0.1) is 5.82 Å². The second kappa shape index (κ2) is 8.35. The maximum Gasteiger partial charge on any atom is 0.150 e. The summed E-state index contributed by atoms with van der Waals surface area (Å²) < 4.78 is 13.3. The van der Waals surface area contributed by atoms with E-state index in [0.29, 0.717) is 6.04 Å². The molecule has 5 heteroatoms. The molecule has 0 aromatic heterocycles. The van der Waals surface area contributed by atoms with Crippen LogP contribution in [-0.2, 0) is 4.84 Å². The Morgan fingerprint density at radius 3 is 2.52 bits per heavy atom. The zero-order valence-corrected chi connectivity index (χ0v) is 15.3. The van der Waals surface area contributed by atoms with Crippen LogP contribution in [0.15, 0.2) is 65.7 Å². The normalized spacial score (nSPS) is 18.5. The summed E-state index contributed by atoms with van der Waals surface area (Å²) in [5, 5.41) is 5.33. The molecule has 2 aromatic carbocycles. The molecule has 1 heterocycles. The van der Waals surface area contributed by atoms with Gasteiger partial charge in [-0.15, -0.1) is 0 Å². The topological polar surface area (TPSA) is 36.9 Å². The molecule has 4 rings (SSSR count). The van der Waals surface area contributed by atoms with Gasteiger partial charge < -0.3 is 5.32 Å². The van der Waals surface area contributed by atoms with Gasteiger partial charge in [0, 0.05) is 24.0 Å². The first kappa shape index (κ1) is 17.7. The molecule has 0 bridgehead atoms. The van der Waals surface area contributed by atoms with Gasteiger partial charge in [0.1, 0.15) is 11.7 Å². The van der Waals surface area contributed by atoms with Crippen molar-refractivity contribution < 1.29 is 9.23 Å². The van der Waals surface area contributed by atoms with Crippen LogP contribution in [-0.4, -0.2) is 30.1 Å². The first-order valence-electron chi connectivity index (χ1n) is 9.56. The highest BCUT2D eigenvalue weighted by Crippen LogP contribution is 2.26. The Hall–Kier alpha value is -2.66. The maximum atomic E-state index is 13.3. The summed E-state index contributed by atoms with van der Waals surface area (Å²) in [7, 11) is 0. The molecule has 1 saturated carbocycles. The molecule has 2 aromatic rings. The van der Waals surface area contributed by atoms with Gasteiger partial charge in [0.05, 0.1) is 12.6 Å². The molecule has 1 aliphatic carbocycles. The zero-order chi connectivity index (χ0) is 18.5. The fourth-order valence-electron chi connectivity index (χ4n) is 2.97. The van der Waals surface area contributed by atoms with E-state index >= 15 is 0 Å². The van der Waals surface area contributed by atoms with E-state index in [4.69, 9.17) is 9.83 Å². The molecule has 0 atom stereocenters. The van der Waals surface area contributed by atoms with E-state index in [1.807, 2.05) is 41.5 Å². The van der Waals surface area contributed by atoms with E-state index in [0.717, 1.165) is 61.6 Å². The number of nitrogens with one attached hydrogen (secondary N) is 1. The summed E-state index contributed by atoms with van der Waals surface area (Å²) in [5.74, 6) is 0.606. The molecule has 1 aliphatic heterocycles. The van der Waals surface area contributed by atoms with Gasteiger partial charge in [-0.05, 0) is 55.5 Å². The molecular formula is C22H24FN3O. The van der Waals surface area contributed by atoms with E-state index in [1.54, 1.807) is 12.1 Å². The smallest absolute Gasteiger partial charge is 0.150 e. The van der Waals surface area contributed by atoms with Gasteiger partial charge in [-0.3, -0.25) is 9.83 Å². The summed E-state index contributed by atoms with van der Waals surface area (Å²) in [6.07, 6.45) is 6.50. The molecule has 27 heavy (non-hydrogen) atoms. The van der Waals surface area contributed by atoms with Gasteiger partial charge in [-0.25, -0.2) is 9.45 Å². The van der Waals surface area contributed by atoms with Crippen molar-refractivity contribution in [1.82, 2.24) is 5.06 Å². The second-order valence-corrected chi connectivity index (χ2v) is 6.92. The number of aliphatic imine (C=N–C) groups is 1. The number of amidine groups is 1. The third-order valence-electron chi connectivity index (χ3n) is 4.60. The van der Waals surface area contributed by atoms with Crippen LogP contribution in [0.1, 0.15) is 31.2 Å². The lowest BCUT2D eigenvalue weighted by Crippen LogP contribution is -2.35. The average molecular weight is 365 g/mol. The molecule has 2 aliphatic rings. The molecule has 2 fully saturated rings. The highest BCUT2D eigenvalue weighted by Gasteiger charge is 2.24. The highest BCUT2D eigenvalue weighted by molar-refractivity contribution is 6.00. The number of hydroxylamine groups is 2. The standard InChI is InChI=1S/C22H24FN3O/c23-18-8-10-19(11-9-18)24-21(17-6-2-1-3-7-17)16-22(25-20-12-13-20)26-14-4-5-15-27-26/h1-3,6-11,16,20,24H,4-5,12-15H2/b21-16-,25-22?. The first-order chi connectivity index (χ1) is 13.3. The van der Waals surface area contributed by atoms with Gasteiger partial charge in [-0.2, -0.15) is 0 Å². The van der Waals surface area contributed by atoms with Crippen LogP contribution in [0.4, 0.5) is 10.1 Å². The number of benzene rings is 2. The van der Waals surface area contributed by atoms with Gasteiger partial charge >= 0.3 is 0 Å². The molecular weight excluding hydrogens is 341 g/mol. The Labute approximate surface area is 159 Å². The zero-order valence-electron chi connectivity index (χ0n) is 15.3. The predicted molar refractivity (Wildman–Crippen MR) is 107 cm³/mol. The van der Waals surface area contributed by atoms with Gasteiger partial charge in [0.25, 0.3) is 0 Å². The van der Waals surface area contributed by atoms with Crippen molar-refractivity contribution in [3.8, 4) is 0 Å². The van der Waals surface area contributed by atoms with Crippen molar-refractivity contribution in [2.24, 2.45) is 4.99 Å². The Bertz CT molecular complexity index is 807. The van der Waals surface area contributed by atoms with Crippen LogP contribution < -0.4 is 5.32 Å². The van der Waals surface area contributed by atoms with Gasteiger partial charge in [0.15, 0.2) is 0 Å². The maximum absolute atomic E-state index is 13.3. The fraction of sp³-hybridized carbons (Fsp3) is 0.318. The fourth-order valence-corrected chi connectivity index (χ4v) is 2.97. The number of anilines is 1. The summed E-state index contributed by atoms with van der Waals surface area (Å²) in [6, 6.07) is 16.9. The molecule has 140 valence electrons. The van der Waals surface area contributed by atoms with Gasteiger partial charge in [-0.1, -0.05) is 30.3 Å². The summed E-state index contributed by atoms with van der Waals surface area (Å²) >= 11 is 0. The van der Waals surface area contributed by atoms with Crippen LogP contribution in [0.3, 0.4) is 0 Å². The van der Waals surface area contributed by atoms with E-state index < -0.39 is 0 Å². The summed E-state index contributed by atoms with van der Waals surface area (Å²) in [6.45, 7) is 1.57. The minimum Gasteiger partial charge on any atom is -0.355 e. The number of halogens is 1. The minimum atomic E-state index is -0.247. The molecule has 1 saturated heterocycles.